The van der Waals surface area contributed by atoms with Crippen LogP contribution in [0.4, 0.5) is 0 Å². The molecule has 55 heavy (non-hydrogen) atoms. The highest BCUT2D eigenvalue weighted by molar-refractivity contribution is 5.87. The molecule has 3 heterocycles. The van der Waals surface area contributed by atoms with Crippen LogP contribution in [0.5, 0.6) is 23.0 Å². The van der Waals surface area contributed by atoms with Gasteiger partial charge in [-0.3, -0.25) is 0 Å². The van der Waals surface area contributed by atoms with Crippen molar-refractivity contribution in [2.75, 3.05) is 19.8 Å². The maximum atomic E-state index is 12.9. The predicted molar refractivity (Wildman–Crippen MR) is 180 cm³/mol. The van der Waals surface area contributed by atoms with Gasteiger partial charge in [-0.2, -0.15) is 0 Å². The molecule has 15 unspecified atom stereocenters. The number of carbonyl (C=O) groups is 1. The van der Waals surface area contributed by atoms with E-state index in [-0.39, 0.29) is 30.3 Å². The molecule has 3 saturated heterocycles. The van der Waals surface area contributed by atoms with Crippen molar-refractivity contribution in [1.82, 2.24) is 0 Å². The van der Waals surface area contributed by atoms with Crippen molar-refractivity contribution < 1.29 is 99.2 Å². The van der Waals surface area contributed by atoms with E-state index in [9.17, 15) is 66.1 Å². The second-order valence-electron chi connectivity index (χ2n) is 13.3. The normalized spacial score (nSPS) is 36.9. The monoisotopic (exact) mass is 786 g/mol. The molecule has 0 amide bonds. The molecule has 2 aromatic carbocycles. The van der Waals surface area contributed by atoms with Gasteiger partial charge in [0.15, 0.2) is 48.0 Å². The highest BCUT2D eigenvalue weighted by Crippen LogP contribution is 2.32. The van der Waals surface area contributed by atoms with Gasteiger partial charge in [0.1, 0.15) is 61.0 Å². The first-order valence-electron chi connectivity index (χ1n) is 17.2. The van der Waals surface area contributed by atoms with Gasteiger partial charge in [-0.1, -0.05) is 12.1 Å². The number of ether oxygens (including phenoxy) is 7. The van der Waals surface area contributed by atoms with E-state index in [4.69, 9.17) is 33.2 Å². The van der Waals surface area contributed by atoms with Crippen molar-refractivity contribution in [3.63, 3.8) is 0 Å². The first-order valence-corrected chi connectivity index (χ1v) is 17.2. The second-order valence-corrected chi connectivity index (χ2v) is 13.3. The molecule has 5 rings (SSSR count). The van der Waals surface area contributed by atoms with Crippen molar-refractivity contribution in [2.24, 2.45) is 0 Å². The molecule has 3 fully saturated rings. The van der Waals surface area contributed by atoms with E-state index in [2.05, 4.69) is 0 Å². The molecule has 306 valence electrons. The van der Waals surface area contributed by atoms with Crippen LogP contribution in [-0.2, 0) is 44.4 Å². The Hall–Kier alpha value is -3.71. The lowest BCUT2D eigenvalue weighted by Crippen LogP contribution is -2.64. The highest BCUT2D eigenvalue weighted by atomic mass is 16.8. The SMILES string of the molecule is CC1OC(OCC2OC(OCCc3ccc(O)c(O)c3)C(O)C(O)C2OC(=O)C=Cc2ccc(O)c(O)c2)C(O)C(O)C1OC1OC(CO)C(O)C(O)C1O. The molecular formula is C35H46O20. The Morgan fingerprint density at radius 2 is 1.27 bits per heavy atom. The molecule has 0 spiro atoms. The Bertz CT molecular complexity index is 1610. The van der Waals surface area contributed by atoms with Crippen LogP contribution < -0.4 is 0 Å². The molecule has 15 atom stereocenters. The Morgan fingerprint density at radius 3 is 1.93 bits per heavy atom. The summed E-state index contributed by atoms with van der Waals surface area (Å²) in [6, 6.07) is 7.85. The number of esters is 1. The lowest BCUT2D eigenvalue weighted by atomic mass is 9.97. The second kappa shape index (κ2) is 18.5. The molecule has 20 heteroatoms. The van der Waals surface area contributed by atoms with E-state index in [1.165, 1.54) is 49.4 Å². The minimum Gasteiger partial charge on any atom is -0.504 e. The highest BCUT2D eigenvalue weighted by Gasteiger charge is 2.51. The zero-order valence-electron chi connectivity index (χ0n) is 29.2. The minimum atomic E-state index is -1.84. The van der Waals surface area contributed by atoms with E-state index in [0.717, 1.165) is 6.08 Å². The van der Waals surface area contributed by atoms with Gasteiger partial charge in [0.05, 0.1) is 25.9 Å². The Kier molecular flexibility index (Phi) is 14.3. The van der Waals surface area contributed by atoms with E-state index in [0.29, 0.717) is 11.1 Å². The van der Waals surface area contributed by atoms with Crippen molar-refractivity contribution in [3.8, 4) is 23.0 Å². The van der Waals surface area contributed by atoms with E-state index < -0.39 is 117 Å². The van der Waals surface area contributed by atoms with Gasteiger partial charge < -0.3 is 94.4 Å². The smallest absolute Gasteiger partial charge is 0.331 e. The summed E-state index contributed by atoms with van der Waals surface area (Å²) in [5, 5.41) is 123. The van der Waals surface area contributed by atoms with Crippen molar-refractivity contribution in [3.05, 3.63) is 53.6 Å². The Labute approximate surface area is 313 Å². The number of rotatable bonds is 13. The van der Waals surface area contributed by atoms with Crippen molar-refractivity contribution >= 4 is 12.0 Å². The van der Waals surface area contributed by atoms with Crippen LogP contribution >= 0.6 is 0 Å². The van der Waals surface area contributed by atoms with Crippen molar-refractivity contribution in [2.45, 2.75) is 105 Å². The third kappa shape index (κ3) is 10.0. The van der Waals surface area contributed by atoms with Gasteiger partial charge >= 0.3 is 5.97 Å². The summed E-state index contributed by atoms with van der Waals surface area (Å²) in [4.78, 5) is 12.9. The fourth-order valence-electron chi connectivity index (χ4n) is 6.18. The van der Waals surface area contributed by atoms with Crippen LogP contribution in [0.1, 0.15) is 18.1 Å². The average Bonchev–Trinajstić information content (AvgIpc) is 3.16. The zero-order valence-corrected chi connectivity index (χ0v) is 29.2. The van der Waals surface area contributed by atoms with Crippen LogP contribution in [0.2, 0.25) is 0 Å². The number of hydrogen-bond donors (Lipinski definition) is 12. The van der Waals surface area contributed by atoms with Gasteiger partial charge in [-0.05, 0) is 54.8 Å². The lowest BCUT2D eigenvalue weighted by molar-refractivity contribution is -0.360. The number of benzene rings is 2. The molecule has 0 aliphatic carbocycles. The van der Waals surface area contributed by atoms with Crippen LogP contribution in [-0.4, -0.2) is 179 Å². The van der Waals surface area contributed by atoms with Crippen LogP contribution in [0.15, 0.2) is 42.5 Å². The molecule has 0 saturated carbocycles. The van der Waals surface area contributed by atoms with E-state index in [1.807, 2.05) is 0 Å². The molecule has 0 aromatic heterocycles. The average molecular weight is 787 g/mol. The summed E-state index contributed by atoms with van der Waals surface area (Å²) in [5.74, 6) is -2.56. The lowest BCUT2D eigenvalue weighted by Gasteiger charge is -2.46. The molecule has 20 nitrogen and oxygen atoms in total. The molecule has 2 aromatic rings. The third-order valence-corrected chi connectivity index (χ3v) is 9.36. The quantitative estimate of drug-likeness (QED) is 0.0541. The van der Waals surface area contributed by atoms with Crippen molar-refractivity contribution in [1.29, 1.82) is 0 Å². The number of aliphatic hydroxyl groups excluding tert-OH is 8. The minimum absolute atomic E-state index is 0.122. The third-order valence-electron chi connectivity index (χ3n) is 9.36. The standard InChI is InChI=1S/C35H46O20/c1-14-31(55-35-28(46)25(43)24(42)21(12-36)52-35)26(44)29(47)34(51-14)50-13-22-32(54-23(41)7-4-15-2-5-17(37)19(39)10-15)27(45)30(48)33(53-22)49-9-8-16-3-6-18(38)20(40)11-16/h2-7,10-11,14,21-22,24-40,42-48H,8-9,12-13H2,1H3. The molecule has 0 bridgehead atoms. The Morgan fingerprint density at radius 1 is 0.673 bits per heavy atom. The van der Waals surface area contributed by atoms with E-state index >= 15 is 0 Å². The number of aromatic hydroxyl groups is 4. The maximum absolute atomic E-state index is 12.9. The summed E-state index contributed by atoms with van der Waals surface area (Å²) in [6.45, 7) is -0.0485. The molecule has 3 aliphatic rings. The van der Waals surface area contributed by atoms with Crippen LogP contribution in [0.25, 0.3) is 6.08 Å². The van der Waals surface area contributed by atoms with Gasteiger partial charge in [-0.25, -0.2) is 4.79 Å². The zero-order chi connectivity index (χ0) is 40.1. The number of phenolic OH excluding ortho intramolecular Hbond substituents is 4. The predicted octanol–water partition coefficient (Wildman–Crippen LogP) is -3.19. The topological polar surface area (TPSA) is 324 Å². The summed E-state index contributed by atoms with van der Waals surface area (Å²) in [7, 11) is 0. The fraction of sp³-hybridized carbons (Fsp3) is 0.571. The van der Waals surface area contributed by atoms with E-state index in [1.54, 1.807) is 0 Å². The summed E-state index contributed by atoms with van der Waals surface area (Å²) in [5.41, 5.74) is 0.847. The van der Waals surface area contributed by atoms with Gasteiger partial charge in [0, 0.05) is 6.08 Å². The molecule has 0 radical (unpaired) electrons. The largest absolute Gasteiger partial charge is 0.504 e. The first-order chi connectivity index (χ1) is 26.1. The summed E-state index contributed by atoms with van der Waals surface area (Å²) in [6.07, 6.45) is -21.8. The Balaban J connectivity index is 1.26. The summed E-state index contributed by atoms with van der Waals surface area (Å²) < 4.78 is 39.4. The molecule has 12 N–H and O–H groups in total. The van der Waals surface area contributed by atoms with Gasteiger partial charge in [-0.15, -0.1) is 0 Å². The van der Waals surface area contributed by atoms with Crippen LogP contribution in [0.3, 0.4) is 0 Å². The fourth-order valence-corrected chi connectivity index (χ4v) is 6.18. The number of carbonyl (C=O) groups excluding carboxylic acids is 1. The summed E-state index contributed by atoms with van der Waals surface area (Å²) >= 11 is 0. The number of hydrogen-bond acceptors (Lipinski definition) is 20. The maximum Gasteiger partial charge on any atom is 0.331 e. The van der Waals surface area contributed by atoms with Gasteiger partial charge in [0.2, 0.25) is 0 Å². The van der Waals surface area contributed by atoms with Gasteiger partial charge in [0.25, 0.3) is 0 Å². The molecule has 3 aliphatic heterocycles. The van der Waals surface area contributed by atoms with Crippen LogP contribution in [0, 0.1) is 0 Å². The first kappa shape index (κ1) is 42.4. The molecular weight excluding hydrogens is 740 g/mol. The number of aliphatic hydroxyl groups is 8. The number of phenols is 4.